The molecule has 18 heavy (non-hydrogen) atoms. The molecular weight excluding hydrogens is 236 g/mol. The molecular formula is C13H19F2N3. The third-order valence-corrected chi connectivity index (χ3v) is 3.65. The first-order valence-electron chi connectivity index (χ1n) is 6.15. The highest BCUT2D eigenvalue weighted by Crippen LogP contribution is 2.36. The summed E-state index contributed by atoms with van der Waals surface area (Å²) in [6.45, 7) is 7.98. The van der Waals surface area contributed by atoms with Gasteiger partial charge in [-0.15, -0.1) is 0 Å². The van der Waals surface area contributed by atoms with E-state index in [-0.39, 0.29) is 17.1 Å². The van der Waals surface area contributed by atoms with E-state index < -0.39 is 11.6 Å². The van der Waals surface area contributed by atoms with Gasteiger partial charge in [0.15, 0.2) is 23.3 Å². The average molecular weight is 255 g/mol. The Bertz CT molecular complexity index is 454. The van der Waals surface area contributed by atoms with Gasteiger partial charge in [0.2, 0.25) is 0 Å². The number of nitrogens with two attached hydrogens (primary N) is 1. The fraction of sp³-hybridized carbons (Fsp3) is 0.615. The van der Waals surface area contributed by atoms with Crippen LogP contribution in [0.5, 0.6) is 0 Å². The maximum atomic E-state index is 13.7. The predicted octanol–water partition coefficient (Wildman–Crippen LogP) is 2.81. The molecule has 0 aliphatic carbocycles. The lowest BCUT2D eigenvalue weighted by Crippen LogP contribution is -2.27. The van der Waals surface area contributed by atoms with Gasteiger partial charge in [0, 0.05) is 19.2 Å². The van der Waals surface area contributed by atoms with Gasteiger partial charge in [-0.3, -0.25) is 0 Å². The van der Waals surface area contributed by atoms with Crippen molar-refractivity contribution < 1.29 is 8.78 Å². The highest BCUT2D eigenvalue weighted by Gasteiger charge is 2.33. The maximum Gasteiger partial charge on any atom is 0.168 e. The van der Waals surface area contributed by atoms with Crippen molar-refractivity contribution in [3.63, 3.8) is 0 Å². The standard InChI is InChI=1S/C13H19F2N3/c1-13(2,3)8-4-5-18(7-8)12-10(15)6-9(14)11(16)17-12/h6,8H,4-5,7H2,1-3H3,(H2,16,17). The Morgan fingerprint density at radius 2 is 2.00 bits per heavy atom. The van der Waals surface area contributed by atoms with E-state index in [1.807, 2.05) is 4.90 Å². The van der Waals surface area contributed by atoms with Crippen LogP contribution in [-0.4, -0.2) is 18.1 Å². The monoisotopic (exact) mass is 255 g/mol. The van der Waals surface area contributed by atoms with Gasteiger partial charge >= 0.3 is 0 Å². The Balaban J connectivity index is 2.22. The van der Waals surface area contributed by atoms with Gasteiger partial charge in [-0.25, -0.2) is 13.8 Å². The number of nitrogens with zero attached hydrogens (tertiary/aromatic N) is 2. The Labute approximate surface area is 106 Å². The molecule has 3 nitrogen and oxygen atoms in total. The highest BCUT2D eigenvalue weighted by atomic mass is 19.1. The number of halogens is 2. The van der Waals surface area contributed by atoms with Crippen LogP contribution in [0, 0.1) is 23.0 Å². The summed E-state index contributed by atoms with van der Waals surface area (Å²) in [5.74, 6) is -1.05. The largest absolute Gasteiger partial charge is 0.381 e. The van der Waals surface area contributed by atoms with Crippen LogP contribution in [-0.2, 0) is 0 Å². The van der Waals surface area contributed by atoms with Crippen LogP contribution in [0.25, 0.3) is 0 Å². The van der Waals surface area contributed by atoms with Gasteiger partial charge in [-0.05, 0) is 17.8 Å². The van der Waals surface area contributed by atoms with Gasteiger partial charge in [0.05, 0.1) is 0 Å². The minimum absolute atomic E-state index is 0.167. The van der Waals surface area contributed by atoms with Crippen molar-refractivity contribution in [1.29, 1.82) is 0 Å². The lowest BCUT2D eigenvalue weighted by Gasteiger charge is -2.27. The van der Waals surface area contributed by atoms with Gasteiger partial charge in [0.1, 0.15) is 0 Å². The number of aromatic nitrogens is 1. The van der Waals surface area contributed by atoms with E-state index >= 15 is 0 Å². The smallest absolute Gasteiger partial charge is 0.168 e. The summed E-state index contributed by atoms with van der Waals surface area (Å²) in [7, 11) is 0. The van der Waals surface area contributed by atoms with Crippen LogP contribution >= 0.6 is 0 Å². The van der Waals surface area contributed by atoms with Crippen LogP contribution < -0.4 is 10.6 Å². The van der Waals surface area contributed by atoms with Gasteiger partial charge < -0.3 is 10.6 Å². The molecule has 1 unspecified atom stereocenters. The minimum Gasteiger partial charge on any atom is -0.381 e. The second-order valence-corrected chi connectivity index (χ2v) is 5.96. The van der Waals surface area contributed by atoms with E-state index in [1.165, 1.54) is 0 Å². The lowest BCUT2D eigenvalue weighted by molar-refractivity contribution is 0.263. The van der Waals surface area contributed by atoms with Crippen molar-refractivity contribution in [3.8, 4) is 0 Å². The molecule has 2 rings (SSSR count). The normalized spacial score (nSPS) is 20.5. The van der Waals surface area contributed by atoms with Crippen molar-refractivity contribution >= 4 is 11.6 Å². The molecule has 2 heterocycles. The molecule has 1 aromatic heterocycles. The summed E-state index contributed by atoms with van der Waals surface area (Å²) in [5.41, 5.74) is 5.58. The molecule has 0 bridgehead atoms. The third-order valence-electron chi connectivity index (χ3n) is 3.65. The van der Waals surface area contributed by atoms with Crippen LogP contribution in [0.2, 0.25) is 0 Å². The molecule has 1 fully saturated rings. The van der Waals surface area contributed by atoms with Crippen molar-refractivity contribution in [1.82, 2.24) is 4.98 Å². The van der Waals surface area contributed by atoms with Crippen molar-refractivity contribution in [3.05, 3.63) is 17.7 Å². The zero-order valence-corrected chi connectivity index (χ0v) is 11.0. The van der Waals surface area contributed by atoms with Gasteiger partial charge in [-0.1, -0.05) is 20.8 Å². The van der Waals surface area contributed by atoms with E-state index in [9.17, 15) is 8.78 Å². The fourth-order valence-electron chi connectivity index (χ4n) is 2.35. The van der Waals surface area contributed by atoms with E-state index in [0.717, 1.165) is 25.6 Å². The lowest BCUT2D eigenvalue weighted by atomic mass is 9.80. The maximum absolute atomic E-state index is 13.7. The summed E-state index contributed by atoms with van der Waals surface area (Å²) in [6.07, 6.45) is 0.988. The zero-order valence-electron chi connectivity index (χ0n) is 11.0. The second kappa shape index (κ2) is 4.37. The molecule has 1 aliphatic heterocycles. The molecule has 1 atom stereocenters. The number of nitrogen functional groups attached to an aromatic ring is 1. The summed E-state index contributed by atoms with van der Waals surface area (Å²) in [6, 6.07) is 0.808. The highest BCUT2D eigenvalue weighted by molar-refractivity contribution is 5.48. The van der Waals surface area contributed by atoms with Crippen molar-refractivity contribution in [2.24, 2.45) is 11.3 Å². The average Bonchev–Trinajstić information content (AvgIpc) is 2.72. The van der Waals surface area contributed by atoms with Gasteiger partial charge in [-0.2, -0.15) is 0 Å². The number of hydrogen-bond donors (Lipinski definition) is 1. The molecule has 5 heteroatoms. The molecule has 0 amide bonds. The number of anilines is 2. The molecule has 1 aliphatic rings. The Kier molecular flexibility index (Phi) is 3.17. The van der Waals surface area contributed by atoms with Crippen LogP contribution in [0.1, 0.15) is 27.2 Å². The number of rotatable bonds is 1. The van der Waals surface area contributed by atoms with Crippen LogP contribution in [0.15, 0.2) is 6.07 Å². The number of hydrogen-bond acceptors (Lipinski definition) is 3. The Hall–Kier alpha value is -1.39. The summed E-state index contributed by atoms with van der Waals surface area (Å²) < 4.78 is 26.8. The molecule has 100 valence electrons. The van der Waals surface area contributed by atoms with Gasteiger partial charge in [0.25, 0.3) is 0 Å². The SMILES string of the molecule is CC(C)(C)C1CCN(c2nc(N)c(F)cc2F)C1. The number of pyridine rings is 1. The first-order chi connectivity index (χ1) is 8.29. The van der Waals surface area contributed by atoms with Crippen LogP contribution in [0.3, 0.4) is 0 Å². The Morgan fingerprint density at radius 3 is 2.56 bits per heavy atom. The third kappa shape index (κ3) is 2.40. The topological polar surface area (TPSA) is 42.2 Å². The summed E-state index contributed by atoms with van der Waals surface area (Å²) in [4.78, 5) is 5.67. The Morgan fingerprint density at radius 1 is 1.33 bits per heavy atom. The van der Waals surface area contributed by atoms with E-state index in [0.29, 0.717) is 5.92 Å². The molecule has 1 aromatic rings. The van der Waals surface area contributed by atoms with Crippen molar-refractivity contribution in [2.45, 2.75) is 27.2 Å². The molecule has 0 aromatic carbocycles. The second-order valence-electron chi connectivity index (χ2n) is 5.96. The minimum atomic E-state index is -0.803. The first kappa shape index (κ1) is 13.1. The fourth-order valence-corrected chi connectivity index (χ4v) is 2.35. The van der Waals surface area contributed by atoms with Crippen molar-refractivity contribution in [2.75, 3.05) is 23.7 Å². The molecule has 1 saturated heterocycles. The quantitative estimate of drug-likeness (QED) is 0.839. The predicted molar refractivity (Wildman–Crippen MR) is 68.3 cm³/mol. The van der Waals surface area contributed by atoms with E-state index in [4.69, 9.17) is 5.73 Å². The first-order valence-corrected chi connectivity index (χ1v) is 6.15. The van der Waals surface area contributed by atoms with Crippen LogP contribution in [0.4, 0.5) is 20.4 Å². The van der Waals surface area contributed by atoms with E-state index in [1.54, 1.807) is 0 Å². The molecule has 0 spiro atoms. The summed E-state index contributed by atoms with van der Waals surface area (Å²) >= 11 is 0. The molecule has 0 radical (unpaired) electrons. The zero-order chi connectivity index (χ0) is 13.5. The summed E-state index contributed by atoms with van der Waals surface area (Å²) in [5, 5.41) is 0. The van der Waals surface area contributed by atoms with E-state index in [2.05, 4.69) is 25.8 Å². The molecule has 0 saturated carbocycles. The molecule has 2 N–H and O–H groups in total.